The number of nitrogens with zero attached hydrogens (tertiary/aromatic N) is 1. The Labute approximate surface area is 83.1 Å². The average molecular weight is 208 g/mol. The zero-order valence-corrected chi connectivity index (χ0v) is 8.25. The molecule has 86 valence electrons. The van der Waals surface area contributed by atoms with Crippen LogP contribution in [0.2, 0.25) is 0 Å². The quantitative estimate of drug-likeness (QED) is 0.159. The van der Waals surface area contributed by atoms with Gasteiger partial charge < -0.3 is 20.6 Å². The Kier molecular flexibility index (Phi) is 10.5. The van der Waals surface area contributed by atoms with Gasteiger partial charge in [0.25, 0.3) is 0 Å². The minimum Gasteiger partial charge on any atom is -0.761 e. The van der Waals surface area contributed by atoms with Gasteiger partial charge in [0, 0.05) is 26.7 Å². The van der Waals surface area contributed by atoms with Crippen molar-refractivity contribution in [3.05, 3.63) is 5.21 Å². The van der Waals surface area contributed by atoms with Gasteiger partial charge in [-0.1, -0.05) is 0 Å². The molecule has 0 heterocycles. The largest absolute Gasteiger partial charge is 0.761 e. The summed E-state index contributed by atoms with van der Waals surface area (Å²) in [6.45, 7) is 2.37. The highest BCUT2D eigenvalue weighted by Crippen LogP contribution is 1.67. The van der Waals surface area contributed by atoms with E-state index < -0.39 is 0 Å². The van der Waals surface area contributed by atoms with E-state index in [1.54, 1.807) is 7.05 Å². The van der Waals surface area contributed by atoms with Crippen molar-refractivity contribution < 1.29 is 10.0 Å². The van der Waals surface area contributed by atoms with Crippen molar-refractivity contribution in [2.75, 3.05) is 40.0 Å². The van der Waals surface area contributed by atoms with Crippen LogP contribution in [0.5, 0.6) is 0 Å². The zero-order valence-electron chi connectivity index (χ0n) is 8.25. The molecular weight excluding hydrogens is 190 g/mol. The highest BCUT2D eigenvalue weighted by molar-refractivity contribution is 4.47. The van der Waals surface area contributed by atoms with Gasteiger partial charge in [0.2, 0.25) is 0 Å². The predicted octanol–water partition coefficient (Wildman–Crippen LogP) is -2.03. The number of nitrogens with one attached hydrogen (secondary N) is 4. The second kappa shape index (κ2) is 10.8. The first-order valence-corrected chi connectivity index (χ1v) is 4.36. The standard InChI is InChI=1S/C6H18N5O3/c1-7-14-5-4-10-9-3-2-8-6-11(12)13/h7-10,12H,2-6H2,1H3/q-1. The Hall–Kier alpha value is -0.320. The molecule has 0 aliphatic heterocycles. The molecule has 0 atom stereocenters. The lowest BCUT2D eigenvalue weighted by atomic mass is 10.6. The van der Waals surface area contributed by atoms with E-state index in [2.05, 4.69) is 21.6 Å². The van der Waals surface area contributed by atoms with Gasteiger partial charge in [-0.25, -0.2) is 5.48 Å². The van der Waals surface area contributed by atoms with Gasteiger partial charge in [0.05, 0.1) is 13.3 Å². The van der Waals surface area contributed by atoms with Gasteiger partial charge in [-0.15, -0.1) is 0 Å². The number of rotatable bonds is 10. The molecule has 0 unspecified atom stereocenters. The molecule has 0 aliphatic rings. The first kappa shape index (κ1) is 13.7. The maximum absolute atomic E-state index is 10.0. The zero-order chi connectivity index (χ0) is 10.6. The van der Waals surface area contributed by atoms with Crippen LogP contribution in [-0.4, -0.2) is 50.4 Å². The molecule has 5 N–H and O–H groups in total. The van der Waals surface area contributed by atoms with Gasteiger partial charge in [-0.2, -0.15) is 0 Å². The van der Waals surface area contributed by atoms with Crippen molar-refractivity contribution in [1.29, 1.82) is 0 Å². The van der Waals surface area contributed by atoms with Crippen LogP contribution in [0.3, 0.4) is 0 Å². The maximum Gasteiger partial charge on any atom is 0.0820 e. The van der Waals surface area contributed by atoms with Crippen molar-refractivity contribution >= 4 is 0 Å². The molecule has 8 heteroatoms. The van der Waals surface area contributed by atoms with Gasteiger partial charge in [-0.3, -0.25) is 16.1 Å². The minimum atomic E-state index is -0.159. The van der Waals surface area contributed by atoms with Crippen molar-refractivity contribution in [2.24, 2.45) is 0 Å². The lowest BCUT2D eigenvalue weighted by Gasteiger charge is -2.19. The molecule has 14 heavy (non-hydrogen) atoms. The fourth-order valence-electron chi connectivity index (χ4n) is 0.706. The first-order chi connectivity index (χ1) is 6.77. The third-order valence-electron chi connectivity index (χ3n) is 1.27. The van der Waals surface area contributed by atoms with E-state index in [4.69, 9.17) is 10.0 Å². The molecule has 0 saturated carbocycles. The smallest absolute Gasteiger partial charge is 0.0820 e. The van der Waals surface area contributed by atoms with Crippen LogP contribution >= 0.6 is 0 Å². The summed E-state index contributed by atoms with van der Waals surface area (Å²) in [4.78, 5) is 4.84. The van der Waals surface area contributed by atoms with E-state index in [1.165, 1.54) is 0 Å². The number of hydrazine groups is 1. The van der Waals surface area contributed by atoms with E-state index in [1.807, 2.05) is 0 Å². The van der Waals surface area contributed by atoms with Crippen molar-refractivity contribution in [1.82, 2.24) is 26.9 Å². The summed E-state index contributed by atoms with van der Waals surface area (Å²) in [7, 11) is 1.70. The molecule has 0 radical (unpaired) electrons. The molecule has 0 amide bonds. The highest BCUT2D eigenvalue weighted by Gasteiger charge is 1.87. The Morgan fingerprint density at radius 3 is 2.64 bits per heavy atom. The Bertz CT molecular complexity index is 116. The van der Waals surface area contributed by atoms with Crippen LogP contribution in [0.25, 0.3) is 0 Å². The van der Waals surface area contributed by atoms with Crippen LogP contribution in [0.1, 0.15) is 0 Å². The summed E-state index contributed by atoms with van der Waals surface area (Å²) < 4.78 is 0. The topological polar surface area (TPSA) is 104 Å². The third kappa shape index (κ3) is 11.7. The molecule has 0 aromatic heterocycles. The average Bonchev–Trinajstić information content (AvgIpc) is 2.15. The second-order valence-electron chi connectivity index (χ2n) is 2.42. The van der Waals surface area contributed by atoms with E-state index in [0.717, 1.165) is 0 Å². The molecule has 0 aromatic carbocycles. The third-order valence-corrected chi connectivity index (χ3v) is 1.27. The van der Waals surface area contributed by atoms with E-state index in [0.29, 0.717) is 26.2 Å². The highest BCUT2D eigenvalue weighted by atomic mass is 16.8. The fraction of sp³-hybridized carbons (Fsp3) is 1.00. The van der Waals surface area contributed by atoms with Crippen molar-refractivity contribution in [3.63, 3.8) is 0 Å². The van der Waals surface area contributed by atoms with Gasteiger partial charge >= 0.3 is 0 Å². The van der Waals surface area contributed by atoms with E-state index in [9.17, 15) is 5.21 Å². The lowest BCUT2D eigenvalue weighted by molar-refractivity contribution is -0.0468. The molecule has 0 aliphatic carbocycles. The monoisotopic (exact) mass is 208 g/mol. The summed E-state index contributed by atoms with van der Waals surface area (Å²) in [6.07, 6.45) is 0. The molecule has 0 bridgehead atoms. The Morgan fingerprint density at radius 1 is 1.29 bits per heavy atom. The van der Waals surface area contributed by atoms with E-state index in [-0.39, 0.29) is 11.9 Å². The van der Waals surface area contributed by atoms with Crippen molar-refractivity contribution in [3.8, 4) is 0 Å². The normalized spacial score (nSPS) is 11.1. The SMILES string of the molecule is CNOCCNNCCNCN([O-])O. The summed E-state index contributed by atoms with van der Waals surface area (Å²) >= 11 is 0. The number of hydroxylamine groups is 3. The molecule has 0 rings (SSSR count). The second-order valence-corrected chi connectivity index (χ2v) is 2.42. The van der Waals surface area contributed by atoms with Crippen LogP contribution in [-0.2, 0) is 4.84 Å². The van der Waals surface area contributed by atoms with Crippen LogP contribution < -0.4 is 21.6 Å². The van der Waals surface area contributed by atoms with E-state index >= 15 is 0 Å². The van der Waals surface area contributed by atoms with Crippen LogP contribution in [0.4, 0.5) is 0 Å². The van der Waals surface area contributed by atoms with Gasteiger partial charge in [-0.05, 0) is 0 Å². The summed E-state index contributed by atoms with van der Waals surface area (Å²) in [5.74, 6) is 0. The van der Waals surface area contributed by atoms with Crippen LogP contribution in [0, 0.1) is 5.21 Å². The molecule has 0 fully saturated rings. The molecule has 0 spiro atoms. The van der Waals surface area contributed by atoms with Crippen LogP contribution in [0.15, 0.2) is 0 Å². The van der Waals surface area contributed by atoms with Crippen molar-refractivity contribution in [2.45, 2.75) is 0 Å². The molecular formula is C6H18N5O3-. The maximum atomic E-state index is 10.0. The molecule has 8 nitrogen and oxygen atoms in total. The Morgan fingerprint density at radius 2 is 2.00 bits per heavy atom. The molecule has 0 aromatic rings. The summed E-state index contributed by atoms with van der Waals surface area (Å²) in [5.41, 5.74) is 8.34. The predicted molar refractivity (Wildman–Crippen MR) is 50.9 cm³/mol. The van der Waals surface area contributed by atoms with Gasteiger partial charge in [0.15, 0.2) is 0 Å². The lowest BCUT2D eigenvalue weighted by Crippen LogP contribution is -2.40. The summed E-state index contributed by atoms with van der Waals surface area (Å²) in [6, 6.07) is 0. The minimum absolute atomic E-state index is 0.0927. The fourth-order valence-corrected chi connectivity index (χ4v) is 0.706. The van der Waals surface area contributed by atoms with Gasteiger partial charge in [0.1, 0.15) is 0 Å². The summed E-state index contributed by atoms with van der Waals surface area (Å²) in [5, 5.41) is 20.8. The Balaban J connectivity index is 2.85. The molecule has 0 saturated heterocycles. The number of hydrogen-bond donors (Lipinski definition) is 5. The number of hydrogen-bond acceptors (Lipinski definition) is 8. The first-order valence-electron chi connectivity index (χ1n) is 4.36.